The summed E-state index contributed by atoms with van der Waals surface area (Å²) < 4.78 is 0. The molecule has 0 aromatic carbocycles. The van der Waals surface area contributed by atoms with Gasteiger partial charge in [-0.1, -0.05) is 11.6 Å². The molecule has 0 bridgehead atoms. The summed E-state index contributed by atoms with van der Waals surface area (Å²) in [6.45, 7) is 0.693. The molecule has 2 aliphatic rings. The number of aliphatic carboxylic acids is 1. The number of carboxylic acid groups (broad SMARTS) is 1. The summed E-state index contributed by atoms with van der Waals surface area (Å²) in [5, 5.41) is 11.8. The van der Waals surface area contributed by atoms with Crippen LogP contribution >= 0.6 is 0 Å². The van der Waals surface area contributed by atoms with Crippen molar-refractivity contribution >= 4 is 11.9 Å². The monoisotopic (exact) mass is 251 g/mol. The van der Waals surface area contributed by atoms with Crippen LogP contribution in [0, 0.1) is 11.8 Å². The van der Waals surface area contributed by atoms with Gasteiger partial charge in [-0.05, 0) is 44.9 Å². The second kappa shape index (κ2) is 6.03. The van der Waals surface area contributed by atoms with Gasteiger partial charge < -0.3 is 10.4 Å². The van der Waals surface area contributed by atoms with E-state index in [2.05, 4.69) is 11.4 Å². The minimum Gasteiger partial charge on any atom is -0.481 e. The van der Waals surface area contributed by atoms with Crippen molar-refractivity contribution in [2.75, 3.05) is 6.54 Å². The van der Waals surface area contributed by atoms with Gasteiger partial charge in [-0.25, -0.2) is 0 Å². The van der Waals surface area contributed by atoms with Crippen LogP contribution in [-0.2, 0) is 9.59 Å². The topological polar surface area (TPSA) is 66.4 Å². The zero-order chi connectivity index (χ0) is 13.0. The molecule has 4 heteroatoms. The molecule has 2 unspecified atom stereocenters. The van der Waals surface area contributed by atoms with E-state index in [1.165, 1.54) is 24.8 Å². The molecule has 0 aliphatic heterocycles. The highest BCUT2D eigenvalue weighted by molar-refractivity contribution is 5.80. The molecule has 2 aliphatic carbocycles. The fraction of sp³-hybridized carbons (Fsp3) is 0.714. The van der Waals surface area contributed by atoms with Crippen LogP contribution in [-0.4, -0.2) is 23.5 Å². The van der Waals surface area contributed by atoms with Gasteiger partial charge in [0, 0.05) is 12.5 Å². The van der Waals surface area contributed by atoms with Crippen molar-refractivity contribution in [1.29, 1.82) is 0 Å². The summed E-state index contributed by atoms with van der Waals surface area (Å²) in [5.74, 6) is -1.14. The average molecular weight is 251 g/mol. The van der Waals surface area contributed by atoms with E-state index in [0.717, 1.165) is 6.42 Å². The van der Waals surface area contributed by atoms with E-state index in [9.17, 15) is 9.59 Å². The fourth-order valence-electron chi connectivity index (χ4n) is 2.90. The molecule has 0 aromatic rings. The second-order valence-corrected chi connectivity index (χ2v) is 5.34. The first-order valence-electron chi connectivity index (χ1n) is 6.85. The van der Waals surface area contributed by atoms with E-state index >= 15 is 0 Å². The van der Waals surface area contributed by atoms with Crippen molar-refractivity contribution in [2.45, 2.75) is 44.9 Å². The lowest BCUT2D eigenvalue weighted by Gasteiger charge is -2.11. The smallest absolute Gasteiger partial charge is 0.306 e. The first kappa shape index (κ1) is 13.1. The summed E-state index contributed by atoms with van der Waals surface area (Å²) in [4.78, 5) is 22.7. The fourth-order valence-corrected chi connectivity index (χ4v) is 2.90. The maximum atomic E-state index is 11.9. The number of carbonyl (C=O) groups excluding carboxylic acids is 1. The molecule has 1 saturated carbocycles. The molecule has 0 aromatic heterocycles. The van der Waals surface area contributed by atoms with Gasteiger partial charge in [0.15, 0.2) is 0 Å². The lowest BCUT2D eigenvalue weighted by Crippen LogP contribution is -2.30. The molecule has 100 valence electrons. The number of hydrogen-bond donors (Lipinski definition) is 2. The predicted octanol–water partition coefficient (Wildman–Crippen LogP) is 2.10. The Morgan fingerprint density at radius 1 is 1.33 bits per heavy atom. The van der Waals surface area contributed by atoms with Gasteiger partial charge in [0.05, 0.1) is 5.92 Å². The maximum Gasteiger partial charge on any atom is 0.306 e. The Bertz CT molecular complexity index is 362. The first-order chi connectivity index (χ1) is 8.66. The molecule has 2 atom stereocenters. The van der Waals surface area contributed by atoms with E-state index in [1.807, 2.05) is 0 Å². The van der Waals surface area contributed by atoms with Gasteiger partial charge in [-0.15, -0.1) is 0 Å². The van der Waals surface area contributed by atoms with Gasteiger partial charge in [0.2, 0.25) is 5.91 Å². The normalized spacial score (nSPS) is 27.0. The standard InChI is InChI=1S/C14H21NO3/c16-13(11-5-6-12(9-11)14(17)18)15-8-7-10-3-1-2-4-10/h3,11-12H,1-2,4-9H2,(H,15,16)(H,17,18). The van der Waals surface area contributed by atoms with Gasteiger partial charge in [-0.3, -0.25) is 9.59 Å². The Morgan fingerprint density at radius 3 is 2.72 bits per heavy atom. The summed E-state index contributed by atoms with van der Waals surface area (Å²) in [6.07, 6.45) is 8.65. The number of hydrogen-bond acceptors (Lipinski definition) is 2. The van der Waals surface area contributed by atoms with Crippen LogP contribution in [0.4, 0.5) is 0 Å². The van der Waals surface area contributed by atoms with Crippen molar-refractivity contribution in [3.63, 3.8) is 0 Å². The number of carboxylic acids is 1. The number of rotatable bonds is 5. The quantitative estimate of drug-likeness (QED) is 0.735. The Balaban J connectivity index is 1.67. The SMILES string of the molecule is O=C(O)C1CCC(C(=O)NCCC2=CCCC2)C1. The van der Waals surface area contributed by atoms with Crippen molar-refractivity contribution in [1.82, 2.24) is 5.32 Å². The van der Waals surface area contributed by atoms with Crippen LogP contribution in [0.5, 0.6) is 0 Å². The average Bonchev–Trinajstić information content (AvgIpc) is 2.99. The highest BCUT2D eigenvalue weighted by Crippen LogP contribution is 2.31. The zero-order valence-corrected chi connectivity index (χ0v) is 10.7. The summed E-state index contributed by atoms with van der Waals surface area (Å²) in [5.41, 5.74) is 1.45. The van der Waals surface area contributed by atoms with E-state index in [1.54, 1.807) is 0 Å². The molecule has 0 saturated heterocycles. The molecule has 1 amide bonds. The largest absolute Gasteiger partial charge is 0.481 e. The number of nitrogens with one attached hydrogen (secondary N) is 1. The van der Waals surface area contributed by atoms with Crippen LogP contribution in [0.15, 0.2) is 11.6 Å². The van der Waals surface area contributed by atoms with Crippen molar-refractivity contribution in [3.05, 3.63) is 11.6 Å². The van der Waals surface area contributed by atoms with Crippen LogP contribution in [0.25, 0.3) is 0 Å². The first-order valence-corrected chi connectivity index (χ1v) is 6.85. The lowest BCUT2D eigenvalue weighted by molar-refractivity contribution is -0.141. The van der Waals surface area contributed by atoms with Gasteiger partial charge >= 0.3 is 5.97 Å². The number of carbonyl (C=O) groups is 2. The molecule has 0 radical (unpaired) electrons. The molecule has 4 nitrogen and oxygen atoms in total. The van der Waals surface area contributed by atoms with Crippen LogP contribution in [0.2, 0.25) is 0 Å². The van der Waals surface area contributed by atoms with Gasteiger partial charge in [-0.2, -0.15) is 0 Å². The van der Waals surface area contributed by atoms with E-state index in [4.69, 9.17) is 5.11 Å². The highest BCUT2D eigenvalue weighted by atomic mass is 16.4. The van der Waals surface area contributed by atoms with E-state index in [-0.39, 0.29) is 17.7 Å². The molecule has 0 heterocycles. The number of allylic oxidation sites excluding steroid dienone is 1. The summed E-state index contributed by atoms with van der Waals surface area (Å²) in [6, 6.07) is 0. The van der Waals surface area contributed by atoms with Gasteiger partial charge in [0.1, 0.15) is 0 Å². The highest BCUT2D eigenvalue weighted by Gasteiger charge is 2.33. The maximum absolute atomic E-state index is 11.9. The van der Waals surface area contributed by atoms with E-state index < -0.39 is 5.97 Å². The van der Waals surface area contributed by atoms with Crippen LogP contribution in [0.3, 0.4) is 0 Å². The molecule has 1 fully saturated rings. The minimum absolute atomic E-state index is 0.0392. The van der Waals surface area contributed by atoms with Crippen LogP contribution in [0.1, 0.15) is 44.9 Å². The molecule has 2 N–H and O–H groups in total. The zero-order valence-electron chi connectivity index (χ0n) is 10.7. The molecule has 2 rings (SSSR count). The van der Waals surface area contributed by atoms with Crippen molar-refractivity contribution in [2.24, 2.45) is 11.8 Å². The third-order valence-electron chi connectivity index (χ3n) is 4.03. The summed E-state index contributed by atoms with van der Waals surface area (Å²) in [7, 11) is 0. The minimum atomic E-state index is -0.763. The molecule has 18 heavy (non-hydrogen) atoms. The third-order valence-corrected chi connectivity index (χ3v) is 4.03. The predicted molar refractivity (Wildman–Crippen MR) is 68.0 cm³/mol. The summed E-state index contributed by atoms with van der Waals surface area (Å²) >= 11 is 0. The lowest BCUT2D eigenvalue weighted by atomic mass is 10.0. The molecule has 0 spiro atoms. The Labute approximate surface area is 107 Å². The van der Waals surface area contributed by atoms with Crippen molar-refractivity contribution < 1.29 is 14.7 Å². The molecular formula is C14H21NO3. The van der Waals surface area contributed by atoms with Crippen molar-refractivity contribution in [3.8, 4) is 0 Å². The Hall–Kier alpha value is -1.32. The number of amides is 1. The second-order valence-electron chi connectivity index (χ2n) is 5.34. The molecular weight excluding hydrogens is 230 g/mol. The Kier molecular flexibility index (Phi) is 4.39. The van der Waals surface area contributed by atoms with Gasteiger partial charge in [0.25, 0.3) is 0 Å². The van der Waals surface area contributed by atoms with Crippen LogP contribution < -0.4 is 5.32 Å². The third kappa shape index (κ3) is 3.34. The van der Waals surface area contributed by atoms with E-state index in [0.29, 0.717) is 25.8 Å². The Morgan fingerprint density at radius 2 is 2.11 bits per heavy atom.